The molecule has 2 heterocycles. The molecule has 0 spiro atoms. The van der Waals surface area contributed by atoms with Crippen molar-refractivity contribution in [3.63, 3.8) is 0 Å². The van der Waals surface area contributed by atoms with Crippen LogP contribution in [0.4, 0.5) is 4.39 Å². The van der Waals surface area contributed by atoms with Gasteiger partial charge in [-0.1, -0.05) is 30.1 Å². The van der Waals surface area contributed by atoms with E-state index in [2.05, 4.69) is 10.1 Å². The smallest absolute Gasteiger partial charge is 0.154 e. The highest BCUT2D eigenvalue weighted by Gasteiger charge is 2.25. The van der Waals surface area contributed by atoms with Gasteiger partial charge in [-0.05, 0) is 44.0 Å². The molecule has 21 heavy (non-hydrogen) atoms. The molecule has 1 saturated heterocycles. The summed E-state index contributed by atoms with van der Waals surface area (Å²) in [5, 5.41) is 4.02. The number of likely N-dealkylation sites (tertiary alicyclic amines) is 1. The highest BCUT2D eigenvalue weighted by atomic mass is 19.1. The molecule has 0 bridgehead atoms. The minimum atomic E-state index is -0.172. The number of nitrogens with zero attached hydrogens (tertiary/aromatic N) is 2. The highest BCUT2D eigenvalue weighted by Crippen LogP contribution is 2.31. The van der Waals surface area contributed by atoms with Gasteiger partial charge in [-0.25, -0.2) is 4.39 Å². The van der Waals surface area contributed by atoms with Crippen LogP contribution in [0.15, 0.2) is 34.9 Å². The second-order valence-electron chi connectivity index (χ2n) is 5.84. The number of aromatic nitrogens is 1. The maximum absolute atomic E-state index is 13.4. The van der Waals surface area contributed by atoms with E-state index in [0.717, 1.165) is 36.5 Å². The molecule has 0 amide bonds. The Bertz CT molecular complexity index is 596. The van der Waals surface area contributed by atoms with Crippen molar-refractivity contribution >= 4 is 0 Å². The second kappa shape index (κ2) is 6.39. The Morgan fingerprint density at radius 1 is 1.29 bits per heavy atom. The first-order valence-corrected chi connectivity index (χ1v) is 7.64. The molecule has 1 aliphatic rings. The van der Waals surface area contributed by atoms with Crippen LogP contribution in [0.25, 0.3) is 0 Å². The van der Waals surface area contributed by atoms with Gasteiger partial charge in [-0.3, -0.25) is 4.90 Å². The third kappa shape index (κ3) is 3.50. The zero-order valence-corrected chi connectivity index (χ0v) is 12.4. The van der Waals surface area contributed by atoms with Gasteiger partial charge in [-0.2, -0.15) is 0 Å². The fourth-order valence-electron chi connectivity index (χ4n) is 3.09. The Balaban J connectivity index is 1.81. The first kappa shape index (κ1) is 14.3. The van der Waals surface area contributed by atoms with E-state index in [1.807, 2.05) is 19.1 Å². The van der Waals surface area contributed by atoms with Crippen molar-refractivity contribution in [2.45, 2.75) is 45.2 Å². The highest BCUT2D eigenvalue weighted by molar-refractivity contribution is 5.17. The van der Waals surface area contributed by atoms with Crippen LogP contribution in [0.3, 0.4) is 0 Å². The van der Waals surface area contributed by atoms with E-state index >= 15 is 0 Å². The lowest BCUT2D eigenvalue weighted by Crippen LogP contribution is -2.28. The predicted octanol–water partition coefficient (Wildman–Crippen LogP) is 4.24. The van der Waals surface area contributed by atoms with Gasteiger partial charge in [0.1, 0.15) is 5.82 Å². The maximum atomic E-state index is 13.4. The SMILES string of the molecule is Cc1cc([C@@H]2CCCCCN2Cc2cccc(F)c2)on1. The van der Waals surface area contributed by atoms with Crippen LogP contribution in [-0.4, -0.2) is 16.6 Å². The molecular formula is C17H21FN2O. The Labute approximate surface area is 124 Å². The molecule has 112 valence electrons. The predicted molar refractivity (Wildman–Crippen MR) is 79.3 cm³/mol. The molecule has 0 saturated carbocycles. The summed E-state index contributed by atoms with van der Waals surface area (Å²) in [6.45, 7) is 3.71. The van der Waals surface area contributed by atoms with Crippen molar-refractivity contribution in [1.29, 1.82) is 0 Å². The van der Waals surface area contributed by atoms with Gasteiger partial charge < -0.3 is 4.52 Å². The molecule has 0 unspecified atom stereocenters. The number of hydrogen-bond donors (Lipinski definition) is 0. The minimum Gasteiger partial charge on any atom is -0.359 e. The normalized spacial score (nSPS) is 20.4. The first-order valence-electron chi connectivity index (χ1n) is 7.64. The summed E-state index contributed by atoms with van der Waals surface area (Å²) >= 11 is 0. The van der Waals surface area contributed by atoms with E-state index in [9.17, 15) is 4.39 Å². The molecular weight excluding hydrogens is 267 g/mol. The molecule has 3 nitrogen and oxygen atoms in total. The summed E-state index contributed by atoms with van der Waals surface area (Å²) in [6.07, 6.45) is 4.69. The maximum Gasteiger partial charge on any atom is 0.154 e. The fraction of sp³-hybridized carbons (Fsp3) is 0.471. The van der Waals surface area contributed by atoms with Crippen molar-refractivity contribution < 1.29 is 8.91 Å². The van der Waals surface area contributed by atoms with Gasteiger partial charge in [0.05, 0.1) is 11.7 Å². The zero-order valence-electron chi connectivity index (χ0n) is 12.4. The Hall–Kier alpha value is -1.68. The monoisotopic (exact) mass is 288 g/mol. The second-order valence-corrected chi connectivity index (χ2v) is 5.84. The molecule has 0 radical (unpaired) electrons. The van der Waals surface area contributed by atoms with Crippen molar-refractivity contribution in [1.82, 2.24) is 10.1 Å². The van der Waals surface area contributed by atoms with Crippen LogP contribution in [0, 0.1) is 12.7 Å². The molecule has 1 aromatic carbocycles. The van der Waals surface area contributed by atoms with Crippen LogP contribution in [-0.2, 0) is 6.54 Å². The molecule has 1 aliphatic heterocycles. The van der Waals surface area contributed by atoms with Crippen molar-refractivity contribution in [2.75, 3.05) is 6.54 Å². The Kier molecular flexibility index (Phi) is 4.34. The van der Waals surface area contributed by atoms with Crippen LogP contribution >= 0.6 is 0 Å². The van der Waals surface area contributed by atoms with Crippen molar-refractivity contribution in [2.24, 2.45) is 0 Å². The van der Waals surface area contributed by atoms with E-state index < -0.39 is 0 Å². The van der Waals surface area contributed by atoms with Gasteiger partial charge >= 0.3 is 0 Å². The Morgan fingerprint density at radius 2 is 2.19 bits per heavy atom. The van der Waals surface area contributed by atoms with Gasteiger partial charge in [0.25, 0.3) is 0 Å². The summed E-state index contributed by atoms with van der Waals surface area (Å²) in [5.74, 6) is 0.764. The van der Waals surface area contributed by atoms with Crippen LogP contribution in [0.5, 0.6) is 0 Å². The topological polar surface area (TPSA) is 29.3 Å². The van der Waals surface area contributed by atoms with Crippen molar-refractivity contribution in [3.05, 3.63) is 53.2 Å². The number of halogens is 1. The first-order chi connectivity index (χ1) is 10.2. The lowest BCUT2D eigenvalue weighted by Gasteiger charge is -2.28. The number of benzene rings is 1. The summed E-state index contributed by atoms with van der Waals surface area (Å²) in [7, 11) is 0. The van der Waals surface area contributed by atoms with E-state index in [0.29, 0.717) is 0 Å². The number of hydrogen-bond acceptors (Lipinski definition) is 3. The molecule has 1 atom stereocenters. The third-order valence-electron chi connectivity index (χ3n) is 4.11. The van der Waals surface area contributed by atoms with E-state index in [1.54, 1.807) is 12.1 Å². The van der Waals surface area contributed by atoms with E-state index in [4.69, 9.17) is 4.52 Å². The van der Waals surface area contributed by atoms with Gasteiger partial charge in [0.15, 0.2) is 5.76 Å². The summed E-state index contributed by atoms with van der Waals surface area (Å²) in [5.41, 5.74) is 1.93. The number of aryl methyl sites for hydroxylation is 1. The average molecular weight is 288 g/mol. The Morgan fingerprint density at radius 3 is 2.95 bits per heavy atom. The van der Waals surface area contributed by atoms with Crippen molar-refractivity contribution in [3.8, 4) is 0 Å². The molecule has 0 aliphatic carbocycles. The third-order valence-corrected chi connectivity index (χ3v) is 4.11. The molecule has 1 aromatic heterocycles. The molecule has 1 fully saturated rings. The lowest BCUT2D eigenvalue weighted by atomic mass is 10.1. The summed E-state index contributed by atoms with van der Waals surface area (Å²) in [4.78, 5) is 2.39. The zero-order chi connectivity index (χ0) is 14.7. The molecule has 0 N–H and O–H groups in total. The lowest BCUT2D eigenvalue weighted by molar-refractivity contribution is 0.160. The summed E-state index contributed by atoms with van der Waals surface area (Å²) in [6, 6.07) is 9.13. The standard InChI is InChI=1S/C17H21FN2O/c1-13-10-17(21-19-13)16-8-3-2-4-9-20(16)12-14-6-5-7-15(18)11-14/h5-7,10-11,16H,2-4,8-9,12H2,1H3/t16-/m0/s1. The number of rotatable bonds is 3. The average Bonchev–Trinajstić information content (AvgIpc) is 2.75. The molecule has 3 rings (SSSR count). The summed E-state index contributed by atoms with van der Waals surface area (Å²) < 4.78 is 18.9. The molecule has 4 heteroatoms. The van der Waals surface area contributed by atoms with E-state index in [-0.39, 0.29) is 11.9 Å². The van der Waals surface area contributed by atoms with Crippen LogP contribution in [0.1, 0.15) is 48.7 Å². The minimum absolute atomic E-state index is 0.172. The fourth-order valence-corrected chi connectivity index (χ4v) is 3.09. The van der Waals surface area contributed by atoms with Crippen LogP contribution in [0.2, 0.25) is 0 Å². The quantitative estimate of drug-likeness (QED) is 0.846. The van der Waals surface area contributed by atoms with Crippen LogP contribution < -0.4 is 0 Å². The molecule has 2 aromatic rings. The largest absolute Gasteiger partial charge is 0.359 e. The van der Waals surface area contributed by atoms with Gasteiger partial charge in [0, 0.05) is 12.6 Å². The van der Waals surface area contributed by atoms with Gasteiger partial charge in [-0.15, -0.1) is 0 Å². The van der Waals surface area contributed by atoms with Gasteiger partial charge in [0.2, 0.25) is 0 Å². The van der Waals surface area contributed by atoms with E-state index in [1.165, 1.54) is 25.3 Å².